The summed E-state index contributed by atoms with van der Waals surface area (Å²) in [6.07, 6.45) is 3.38. The van der Waals surface area contributed by atoms with Crippen molar-refractivity contribution >= 4 is 17.3 Å². The number of ether oxygens (including phenoxy) is 1. The number of hydrogen-bond acceptors (Lipinski definition) is 3. The molecule has 0 bridgehead atoms. The van der Waals surface area contributed by atoms with Gasteiger partial charge in [0.25, 0.3) is 0 Å². The zero-order valence-corrected chi connectivity index (χ0v) is 9.53. The summed E-state index contributed by atoms with van der Waals surface area (Å²) in [5.41, 5.74) is 8.08. The van der Waals surface area contributed by atoms with E-state index in [2.05, 4.69) is 4.98 Å². The fraction of sp³-hybridized carbons (Fsp3) is 0.0833. The first-order chi connectivity index (χ1) is 7.70. The van der Waals surface area contributed by atoms with Crippen molar-refractivity contribution in [1.29, 1.82) is 0 Å². The molecule has 3 nitrogen and oxygen atoms in total. The van der Waals surface area contributed by atoms with Gasteiger partial charge in [0, 0.05) is 23.0 Å². The Morgan fingerprint density at radius 3 is 2.75 bits per heavy atom. The Morgan fingerprint density at radius 1 is 1.25 bits per heavy atom. The molecule has 0 unspecified atom stereocenters. The first kappa shape index (κ1) is 10.8. The molecular weight excluding hydrogens is 224 g/mol. The number of nitrogen functional groups attached to an aromatic ring is 1. The van der Waals surface area contributed by atoms with Crippen LogP contribution in [0.4, 0.5) is 5.69 Å². The molecule has 4 heteroatoms. The van der Waals surface area contributed by atoms with Crippen molar-refractivity contribution in [3.05, 3.63) is 41.7 Å². The van der Waals surface area contributed by atoms with Crippen LogP contribution in [0, 0.1) is 0 Å². The summed E-state index contributed by atoms with van der Waals surface area (Å²) in [4.78, 5) is 4.08. The molecular formula is C12H11ClN2O. The molecule has 0 radical (unpaired) electrons. The highest BCUT2D eigenvalue weighted by atomic mass is 35.5. The molecule has 0 atom stereocenters. The minimum absolute atomic E-state index is 0.607. The van der Waals surface area contributed by atoms with Crippen molar-refractivity contribution in [3.8, 4) is 16.9 Å². The summed E-state index contributed by atoms with van der Waals surface area (Å²) < 4.78 is 5.11. The van der Waals surface area contributed by atoms with Gasteiger partial charge in [-0.15, -0.1) is 0 Å². The highest BCUT2D eigenvalue weighted by Crippen LogP contribution is 2.30. The Balaban J connectivity index is 2.49. The molecule has 2 N–H and O–H groups in total. The normalized spacial score (nSPS) is 10.1. The molecule has 1 heterocycles. The molecule has 0 saturated carbocycles. The molecule has 0 aliphatic carbocycles. The lowest BCUT2D eigenvalue weighted by molar-refractivity contribution is 0.413. The molecule has 16 heavy (non-hydrogen) atoms. The predicted molar refractivity (Wildman–Crippen MR) is 65.6 cm³/mol. The first-order valence-electron chi connectivity index (χ1n) is 4.75. The molecule has 1 aromatic heterocycles. The molecule has 0 fully saturated rings. The zero-order valence-electron chi connectivity index (χ0n) is 8.77. The van der Waals surface area contributed by atoms with Crippen LogP contribution in [-0.2, 0) is 0 Å². The summed E-state index contributed by atoms with van der Waals surface area (Å²) in [7, 11) is 1.60. The summed E-state index contributed by atoms with van der Waals surface area (Å²) >= 11 is 6.11. The van der Waals surface area contributed by atoms with Crippen LogP contribution in [0.1, 0.15) is 0 Å². The average molecular weight is 235 g/mol. The van der Waals surface area contributed by atoms with Crippen LogP contribution in [0.2, 0.25) is 5.02 Å². The lowest BCUT2D eigenvalue weighted by Gasteiger charge is -2.06. The van der Waals surface area contributed by atoms with Crippen molar-refractivity contribution < 1.29 is 4.74 Å². The van der Waals surface area contributed by atoms with Gasteiger partial charge in [-0.2, -0.15) is 0 Å². The molecule has 0 amide bonds. The molecule has 0 aliphatic heterocycles. The number of nitrogens with zero attached hydrogens (tertiary/aromatic N) is 1. The molecule has 0 saturated heterocycles. The number of rotatable bonds is 2. The van der Waals surface area contributed by atoms with Gasteiger partial charge in [0.1, 0.15) is 5.75 Å². The second-order valence-corrected chi connectivity index (χ2v) is 3.76. The van der Waals surface area contributed by atoms with E-state index in [-0.39, 0.29) is 0 Å². The second-order valence-electron chi connectivity index (χ2n) is 3.35. The summed E-state index contributed by atoms with van der Waals surface area (Å²) in [6, 6.07) is 7.27. The predicted octanol–water partition coefficient (Wildman–Crippen LogP) is 2.99. The number of benzene rings is 1. The maximum absolute atomic E-state index is 6.11. The van der Waals surface area contributed by atoms with Gasteiger partial charge in [-0.05, 0) is 18.2 Å². The SMILES string of the molecule is COc1cncc(-c2ccc(N)cc2Cl)c1. The highest BCUT2D eigenvalue weighted by Gasteiger charge is 2.05. The Morgan fingerprint density at radius 2 is 2.06 bits per heavy atom. The van der Waals surface area contributed by atoms with E-state index < -0.39 is 0 Å². The molecule has 0 aliphatic rings. The van der Waals surface area contributed by atoms with Crippen LogP contribution in [0.5, 0.6) is 5.75 Å². The molecule has 1 aromatic carbocycles. The molecule has 0 spiro atoms. The number of nitrogens with two attached hydrogens (primary N) is 1. The van der Waals surface area contributed by atoms with Crippen LogP contribution >= 0.6 is 11.6 Å². The van der Waals surface area contributed by atoms with Gasteiger partial charge >= 0.3 is 0 Å². The van der Waals surface area contributed by atoms with E-state index in [9.17, 15) is 0 Å². The highest BCUT2D eigenvalue weighted by molar-refractivity contribution is 6.33. The van der Waals surface area contributed by atoms with Crippen molar-refractivity contribution in [2.24, 2.45) is 0 Å². The van der Waals surface area contributed by atoms with E-state index in [0.717, 1.165) is 11.1 Å². The van der Waals surface area contributed by atoms with E-state index in [0.29, 0.717) is 16.5 Å². The monoisotopic (exact) mass is 234 g/mol. The summed E-state index contributed by atoms with van der Waals surface area (Å²) in [5, 5.41) is 0.607. The lowest BCUT2D eigenvalue weighted by Crippen LogP contribution is -1.88. The summed E-state index contributed by atoms with van der Waals surface area (Å²) in [5.74, 6) is 0.699. The van der Waals surface area contributed by atoms with Crippen molar-refractivity contribution in [2.75, 3.05) is 12.8 Å². The van der Waals surface area contributed by atoms with Gasteiger partial charge in [0.15, 0.2) is 0 Å². The van der Waals surface area contributed by atoms with Crippen LogP contribution in [0.3, 0.4) is 0 Å². The first-order valence-corrected chi connectivity index (χ1v) is 5.13. The maximum Gasteiger partial charge on any atom is 0.137 e. The summed E-state index contributed by atoms with van der Waals surface area (Å²) in [6.45, 7) is 0. The smallest absolute Gasteiger partial charge is 0.137 e. The van der Waals surface area contributed by atoms with Gasteiger partial charge in [0.2, 0.25) is 0 Å². The van der Waals surface area contributed by atoms with Gasteiger partial charge in [0.05, 0.1) is 18.3 Å². The largest absolute Gasteiger partial charge is 0.495 e. The van der Waals surface area contributed by atoms with Crippen LogP contribution in [-0.4, -0.2) is 12.1 Å². The average Bonchev–Trinajstić information content (AvgIpc) is 2.29. The van der Waals surface area contributed by atoms with Crippen molar-refractivity contribution in [1.82, 2.24) is 4.98 Å². The standard InChI is InChI=1S/C12H11ClN2O/c1-16-10-4-8(6-15-7-10)11-3-2-9(14)5-12(11)13/h2-7H,14H2,1H3. The quantitative estimate of drug-likeness (QED) is 0.813. The van der Waals surface area contributed by atoms with Gasteiger partial charge < -0.3 is 10.5 Å². The minimum Gasteiger partial charge on any atom is -0.495 e. The fourth-order valence-corrected chi connectivity index (χ4v) is 1.74. The Labute approximate surface area is 98.8 Å². The zero-order chi connectivity index (χ0) is 11.5. The number of pyridine rings is 1. The lowest BCUT2D eigenvalue weighted by atomic mass is 10.1. The van der Waals surface area contributed by atoms with E-state index in [1.807, 2.05) is 12.1 Å². The third-order valence-electron chi connectivity index (χ3n) is 2.25. The number of methoxy groups -OCH3 is 1. The van der Waals surface area contributed by atoms with E-state index in [1.54, 1.807) is 31.6 Å². The molecule has 2 rings (SSSR count). The van der Waals surface area contributed by atoms with Crippen LogP contribution in [0.25, 0.3) is 11.1 Å². The minimum atomic E-state index is 0.607. The maximum atomic E-state index is 6.11. The van der Waals surface area contributed by atoms with Crippen molar-refractivity contribution in [3.63, 3.8) is 0 Å². The Hall–Kier alpha value is -1.74. The molecule has 82 valence electrons. The second kappa shape index (κ2) is 4.41. The van der Waals surface area contributed by atoms with Crippen LogP contribution < -0.4 is 10.5 Å². The number of aromatic nitrogens is 1. The van der Waals surface area contributed by atoms with Gasteiger partial charge in [-0.25, -0.2) is 0 Å². The molecule has 2 aromatic rings. The Bertz CT molecular complexity index is 514. The van der Waals surface area contributed by atoms with E-state index in [1.165, 1.54) is 0 Å². The van der Waals surface area contributed by atoms with E-state index >= 15 is 0 Å². The van der Waals surface area contributed by atoms with Crippen molar-refractivity contribution in [2.45, 2.75) is 0 Å². The van der Waals surface area contributed by atoms with Gasteiger partial charge in [-0.3, -0.25) is 4.98 Å². The third kappa shape index (κ3) is 2.09. The van der Waals surface area contributed by atoms with E-state index in [4.69, 9.17) is 22.1 Å². The number of anilines is 1. The third-order valence-corrected chi connectivity index (χ3v) is 2.57. The number of hydrogen-bond donors (Lipinski definition) is 1. The van der Waals surface area contributed by atoms with Gasteiger partial charge in [-0.1, -0.05) is 17.7 Å². The Kier molecular flexibility index (Phi) is 2.97. The van der Waals surface area contributed by atoms with Crippen LogP contribution in [0.15, 0.2) is 36.7 Å². The topological polar surface area (TPSA) is 48.1 Å². The number of halogens is 1. The fourth-order valence-electron chi connectivity index (χ4n) is 1.44.